The van der Waals surface area contributed by atoms with Crippen molar-refractivity contribution in [2.75, 3.05) is 7.05 Å². The topological polar surface area (TPSA) is 12.0 Å². The van der Waals surface area contributed by atoms with Gasteiger partial charge in [0.1, 0.15) is 0 Å². The first-order valence-electron chi connectivity index (χ1n) is 7.63. The van der Waals surface area contributed by atoms with Gasteiger partial charge in [0.2, 0.25) is 0 Å². The first-order chi connectivity index (χ1) is 10.1. The maximum Gasteiger partial charge on any atom is 0.0438 e. The van der Waals surface area contributed by atoms with Gasteiger partial charge in [0.05, 0.1) is 0 Å². The second-order valence-corrected chi connectivity index (χ2v) is 6.95. The molecule has 1 N–H and O–H groups in total. The van der Waals surface area contributed by atoms with Crippen molar-refractivity contribution in [1.29, 1.82) is 0 Å². The molecule has 2 aromatic carbocycles. The minimum absolute atomic E-state index is 0.362. The van der Waals surface area contributed by atoms with Gasteiger partial charge in [-0.2, -0.15) is 0 Å². The number of rotatable bonds is 6. The summed E-state index contributed by atoms with van der Waals surface area (Å²) in [7, 11) is 2.05. The number of aryl methyl sites for hydroxylation is 2. The van der Waals surface area contributed by atoms with E-state index in [0.717, 1.165) is 6.42 Å². The lowest BCUT2D eigenvalue weighted by Gasteiger charge is -2.24. The number of hydrogen-bond donors (Lipinski definition) is 1. The fourth-order valence-electron chi connectivity index (χ4n) is 2.60. The summed E-state index contributed by atoms with van der Waals surface area (Å²) in [5, 5.41) is 3.95. The molecule has 112 valence electrons. The van der Waals surface area contributed by atoms with Crippen molar-refractivity contribution in [3.63, 3.8) is 0 Å². The summed E-state index contributed by atoms with van der Waals surface area (Å²) in [5.41, 5.74) is 4.08. The molecule has 2 rings (SSSR count). The fraction of sp³-hybridized carbons (Fsp3) is 0.368. The van der Waals surface area contributed by atoms with E-state index in [-0.39, 0.29) is 0 Å². The lowest BCUT2D eigenvalue weighted by atomic mass is 10.0. The highest BCUT2D eigenvalue weighted by Crippen LogP contribution is 2.32. The van der Waals surface area contributed by atoms with Crippen LogP contribution in [0.3, 0.4) is 0 Å². The summed E-state index contributed by atoms with van der Waals surface area (Å²) in [6.45, 7) is 6.64. The molecule has 0 aliphatic heterocycles. The molecule has 2 atom stereocenters. The number of nitrogens with one attached hydrogen (secondary N) is 1. The van der Waals surface area contributed by atoms with E-state index in [1.54, 1.807) is 0 Å². The Morgan fingerprint density at radius 2 is 1.81 bits per heavy atom. The van der Waals surface area contributed by atoms with Gasteiger partial charge in [0.25, 0.3) is 0 Å². The largest absolute Gasteiger partial charge is 0.312 e. The van der Waals surface area contributed by atoms with Crippen LogP contribution < -0.4 is 5.32 Å². The van der Waals surface area contributed by atoms with Crippen LogP contribution >= 0.6 is 11.8 Å². The van der Waals surface area contributed by atoms with E-state index in [1.807, 2.05) is 18.8 Å². The fourth-order valence-corrected chi connectivity index (χ4v) is 3.87. The highest BCUT2D eigenvalue weighted by Gasteiger charge is 2.18. The molecule has 0 heterocycles. The summed E-state index contributed by atoms with van der Waals surface area (Å²) in [6, 6.07) is 18.1. The lowest BCUT2D eigenvalue weighted by molar-refractivity contribution is 0.589. The standard InChI is InChI=1S/C19H25NS/c1-5-16-9-11-17(12-10-16)19(20-4)15(3)21-18-8-6-7-14(2)13-18/h6-13,15,19-20H,5H2,1-4H3. The molecule has 0 amide bonds. The van der Waals surface area contributed by atoms with Crippen LogP contribution in [0, 0.1) is 6.92 Å². The molecule has 2 heteroatoms. The van der Waals surface area contributed by atoms with E-state index in [2.05, 4.69) is 74.6 Å². The minimum Gasteiger partial charge on any atom is -0.312 e. The van der Waals surface area contributed by atoms with Crippen LogP contribution in [-0.2, 0) is 6.42 Å². The van der Waals surface area contributed by atoms with Gasteiger partial charge in [-0.15, -0.1) is 11.8 Å². The molecule has 0 saturated heterocycles. The van der Waals surface area contributed by atoms with Crippen molar-refractivity contribution >= 4 is 11.8 Å². The second kappa shape index (κ2) is 7.67. The van der Waals surface area contributed by atoms with Crippen LogP contribution in [-0.4, -0.2) is 12.3 Å². The first kappa shape index (κ1) is 16.1. The molecule has 1 nitrogen and oxygen atoms in total. The molecule has 0 aliphatic carbocycles. The highest BCUT2D eigenvalue weighted by atomic mass is 32.2. The Kier molecular flexibility index (Phi) is 5.89. The van der Waals surface area contributed by atoms with Crippen molar-refractivity contribution in [2.24, 2.45) is 0 Å². The summed E-state index contributed by atoms with van der Waals surface area (Å²) in [4.78, 5) is 1.34. The van der Waals surface area contributed by atoms with E-state index in [4.69, 9.17) is 0 Å². The predicted molar refractivity (Wildman–Crippen MR) is 94.1 cm³/mol. The SMILES string of the molecule is CCc1ccc(C(NC)C(C)Sc2cccc(C)c2)cc1. The van der Waals surface area contributed by atoms with E-state index < -0.39 is 0 Å². The minimum atomic E-state index is 0.362. The lowest BCUT2D eigenvalue weighted by Crippen LogP contribution is -2.25. The molecule has 2 aromatic rings. The zero-order chi connectivity index (χ0) is 15.2. The van der Waals surface area contributed by atoms with Crippen LogP contribution in [0.15, 0.2) is 53.4 Å². The van der Waals surface area contributed by atoms with Crippen molar-refractivity contribution < 1.29 is 0 Å². The van der Waals surface area contributed by atoms with Crippen LogP contribution in [0.4, 0.5) is 0 Å². The summed E-state index contributed by atoms with van der Waals surface area (Å²) in [5.74, 6) is 0. The van der Waals surface area contributed by atoms with Crippen molar-refractivity contribution in [2.45, 2.75) is 43.4 Å². The van der Waals surface area contributed by atoms with E-state index >= 15 is 0 Å². The van der Waals surface area contributed by atoms with Gasteiger partial charge in [0.15, 0.2) is 0 Å². The average Bonchev–Trinajstić information content (AvgIpc) is 2.48. The monoisotopic (exact) mass is 299 g/mol. The second-order valence-electron chi connectivity index (χ2n) is 5.50. The van der Waals surface area contributed by atoms with Crippen LogP contribution in [0.1, 0.15) is 36.6 Å². The Morgan fingerprint density at radius 1 is 1.10 bits per heavy atom. The molecule has 0 aromatic heterocycles. The normalized spacial score (nSPS) is 13.9. The number of hydrogen-bond acceptors (Lipinski definition) is 2. The zero-order valence-corrected chi connectivity index (χ0v) is 14.2. The van der Waals surface area contributed by atoms with Crippen LogP contribution in [0.25, 0.3) is 0 Å². The molecule has 0 aliphatic rings. The molecule has 0 radical (unpaired) electrons. The Morgan fingerprint density at radius 3 is 2.38 bits per heavy atom. The summed E-state index contributed by atoms with van der Waals surface area (Å²) < 4.78 is 0. The highest BCUT2D eigenvalue weighted by molar-refractivity contribution is 8.00. The maximum absolute atomic E-state index is 3.47. The number of thioether (sulfide) groups is 1. The molecule has 0 fully saturated rings. The third-order valence-corrected chi connectivity index (χ3v) is 5.01. The van der Waals surface area contributed by atoms with Crippen molar-refractivity contribution in [3.05, 3.63) is 65.2 Å². The van der Waals surface area contributed by atoms with Gasteiger partial charge in [-0.1, -0.05) is 55.8 Å². The molecular weight excluding hydrogens is 274 g/mol. The molecule has 0 saturated carbocycles. The van der Waals surface area contributed by atoms with Gasteiger partial charge in [-0.05, 0) is 43.7 Å². The molecule has 21 heavy (non-hydrogen) atoms. The van der Waals surface area contributed by atoms with Gasteiger partial charge >= 0.3 is 0 Å². The number of benzene rings is 2. The van der Waals surface area contributed by atoms with Gasteiger partial charge in [-0.3, -0.25) is 0 Å². The zero-order valence-electron chi connectivity index (χ0n) is 13.4. The Hall–Kier alpha value is -1.25. The molecule has 2 unspecified atom stereocenters. The van der Waals surface area contributed by atoms with E-state index in [1.165, 1.54) is 21.6 Å². The molecule has 0 bridgehead atoms. The smallest absolute Gasteiger partial charge is 0.0438 e. The Labute approximate surface area is 133 Å². The first-order valence-corrected chi connectivity index (χ1v) is 8.51. The van der Waals surface area contributed by atoms with Crippen molar-refractivity contribution in [3.8, 4) is 0 Å². The van der Waals surface area contributed by atoms with Crippen molar-refractivity contribution in [1.82, 2.24) is 5.32 Å². The van der Waals surface area contributed by atoms with Crippen LogP contribution in [0.5, 0.6) is 0 Å². The maximum atomic E-state index is 3.47. The van der Waals surface area contributed by atoms with E-state index in [9.17, 15) is 0 Å². The Balaban J connectivity index is 2.12. The van der Waals surface area contributed by atoms with Gasteiger partial charge < -0.3 is 5.32 Å². The summed E-state index contributed by atoms with van der Waals surface area (Å²) >= 11 is 1.93. The molecule has 0 spiro atoms. The Bertz CT molecular complexity index is 562. The van der Waals surface area contributed by atoms with Crippen LogP contribution in [0.2, 0.25) is 0 Å². The third kappa shape index (κ3) is 4.36. The third-order valence-electron chi connectivity index (χ3n) is 3.84. The molecular formula is C19H25NS. The van der Waals surface area contributed by atoms with Gasteiger partial charge in [-0.25, -0.2) is 0 Å². The van der Waals surface area contributed by atoms with E-state index in [0.29, 0.717) is 11.3 Å². The quantitative estimate of drug-likeness (QED) is 0.753. The summed E-state index contributed by atoms with van der Waals surface area (Å²) in [6.07, 6.45) is 1.10. The van der Waals surface area contributed by atoms with Gasteiger partial charge in [0, 0.05) is 16.2 Å². The average molecular weight is 299 g/mol. The predicted octanol–water partition coefficient (Wildman–Crippen LogP) is 5.00.